The Kier molecular flexibility index (Phi) is 7.54. The van der Waals surface area contributed by atoms with Gasteiger partial charge in [0, 0.05) is 51.5 Å². The molecule has 1 saturated heterocycles. The zero-order valence-electron chi connectivity index (χ0n) is 20.4. The van der Waals surface area contributed by atoms with Crippen molar-refractivity contribution in [1.29, 1.82) is 0 Å². The summed E-state index contributed by atoms with van der Waals surface area (Å²) in [5, 5.41) is 10.5. The number of carbonyl (C=O) groups excluding carboxylic acids is 1. The van der Waals surface area contributed by atoms with Crippen molar-refractivity contribution in [1.82, 2.24) is 35.1 Å². The third-order valence-electron chi connectivity index (χ3n) is 5.99. The van der Waals surface area contributed by atoms with Crippen LogP contribution >= 0.6 is 0 Å². The summed E-state index contributed by atoms with van der Waals surface area (Å²) in [6.45, 7) is 5.48. The summed E-state index contributed by atoms with van der Waals surface area (Å²) in [5.74, 6) is 1.29. The molecule has 5 rings (SSSR count). The molecule has 194 valence electrons. The van der Waals surface area contributed by atoms with Gasteiger partial charge in [-0.3, -0.25) is 9.69 Å². The van der Waals surface area contributed by atoms with Crippen LogP contribution in [0.2, 0.25) is 0 Å². The van der Waals surface area contributed by atoms with E-state index in [4.69, 9.17) is 24.6 Å². The minimum atomic E-state index is -0.164. The molecular formula is C24H28N8O5. The van der Waals surface area contributed by atoms with Crippen LogP contribution in [0.3, 0.4) is 0 Å². The molecule has 13 nitrogen and oxygen atoms in total. The van der Waals surface area contributed by atoms with Crippen LogP contribution in [0.4, 0.5) is 5.82 Å². The normalized spacial score (nSPS) is 14.2. The van der Waals surface area contributed by atoms with E-state index in [1.54, 1.807) is 43.6 Å². The highest BCUT2D eigenvalue weighted by Crippen LogP contribution is 2.29. The van der Waals surface area contributed by atoms with Gasteiger partial charge >= 0.3 is 0 Å². The quantitative estimate of drug-likeness (QED) is 0.320. The smallest absolute Gasteiger partial charge is 0.251 e. The molecule has 0 saturated carbocycles. The van der Waals surface area contributed by atoms with E-state index in [0.717, 1.165) is 38.4 Å². The molecule has 3 aromatic heterocycles. The number of morpholine rings is 1. The first kappa shape index (κ1) is 24.6. The number of nitrogen functional groups attached to an aromatic ring is 1. The molecule has 37 heavy (non-hydrogen) atoms. The van der Waals surface area contributed by atoms with Crippen LogP contribution in [-0.4, -0.2) is 88.8 Å². The van der Waals surface area contributed by atoms with Gasteiger partial charge in [0.1, 0.15) is 11.3 Å². The summed E-state index contributed by atoms with van der Waals surface area (Å²) < 4.78 is 23.3. The molecular weight excluding hydrogens is 480 g/mol. The average molecular weight is 509 g/mol. The molecule has 1 fully saturated rings. The molecule has 1 aliphatic heterocycles. The number of benzene rings is 1. The topological polar surface area (TPSA) is 156 Å². The fourth-order valence-electron chi connectivity index (χ4n) is 4.08. The van der Waals surface area contributed by atoms with Crippen molar-refractivity contribution in [2.24, 2.45) is 0 Å². The van der Waals surface area contributed by atoms with Crippen molar-refractivity contribution in [3.63, 3.8) is 0 Å². The van der Waals surface area contributed by atoms with Gasteiger partial charge in [-0.2, -0.15) is 0 Å². The Morgan fingerprint density at radius 1 is 1.19 bits per heavy atom. The van der Waals surface area contributed by atoms with Gasteiger partial charge < -0.3 is 29.8 Å². The van der Waals surface area contributed by atoms with Gasteiger partial charge in [-0.25, -0.2) is 14.6 Å². The van der Waals surface area contributed by atoms with Gasteiger partial charge in [-0.1, -0.05) is 6.07 Å². The number of methoxy groups -OCH3 is 1. The number of carbonyl (C=O) groups is 1. The summed E-state index contributed by atoms with van der Waals surface area (Å²) in [4.78, 5) is 23.9. The molecule has 1 aliphatic rings. The Morgan fingerprint density at radius 3 is 2.84 bits per heavy atom. The number of anilines is 1. The van der Waals surface area contributed by atoms with E-state index >= 15 is 0 Å². The van der Waals surface area contributed by atoms with Gasteiger partial charge in [-0.05, 0) is 28.5 Å². The lowest BCUT2D eigenvalue weighted by molar-refractivity contribution is 0.0383. The molecule has 3 N–H and O–H groups in total. The predicted molar refractivity (Wildman–Crippen MR) is 133 cm³/mol. The number of nitrogens with one attached hydrogen (secondary N) is 1. The Bertz CT molecular complexity index is 1360. The maximum absolute atomic E-state index is 12.7. The van der Waals surface area contributed by atoms with E-state index in [9.17, 15) is 4.79 Å². The molecule has 0 bridgehead atoms. The number of pyridine rings is 1. The van der Waals surface area contributed by atoms with Gasteiger partial charge in [0.05, 0.1) is 31.5 Å². The van der Waals surface area contributed by atoms with E-state index in [1.807, 2.05) is 4.57 Å². The van der Waals surface area contributed by atoms with Gasteiger partial charge in [0.2, 0.25) is 5.88 Å². The lowest BCUT2D eigenvalue weighted by atomic mass is 10.2. The SMILES string of the molecule is COCCn1c(-c2nonc2N)nc2cnc(Oc3cccc(C(=O)NCCN4CCOCC4)c3)cc21. The van der Waals surface area contributed by atoms with Crippen molar-refractivity contribution in [2.75, 3.05) is 58.8 Å². The molecule has 0 atom stereocenters. The highest BCUT2D eigenvalue weighted by atomic mass is 16.6. The van der Waals surface area contributed by atoms with Crippen LogP contribution in [0.25, 0.3) is 22.6 Å². The number of nitrogens with zero attached hydrogens (tertiary/aromatic N) is 6. The van der Waals surface area contributed by atoms with Gasteiger partial charge in [0.15, 0.2) is 17.3 Å². The van der Waals surface area contributed by atoms with Crippen LogP contribution < -0.4 is 15.8 Å². The lowest BCUT2D eigenvalue weighted by Crippen LogP contribution is -2.41. The second-order valence-electron chi connectivity index (χ2n) is 8.43. The lowest BCUT2D eigenvalue weighted by Gasteiger charge is -2.26. The van der Waals surface area contributed by atoms with Crippen LogP contribution in [0.15, 0.2) is 41.2 Å². The number of imidazole rings is 1. The monoisotopic (exact) mass is 508 g/mol. The first-order chi connectivity index (χ1) is 18.1. The van der Waals surface area contributed by atoms with Crippen LogP contribution in [0.5, 0.6) is 11.6 Å². The van der Waals surface area contributed by atoms with E-state index < -0.39 is 0 Å². The number of amides is 1. The van der Waals surface area contributed by atoms with Crippen molar-refractivity contribution < 1.29 is 23.6 Å². The Hall–Kier alpha value is -4.07. The number of ether oxygens (including phenoxy) is 3. The molecule has 4 aromatic rings. The van der Waals surface area contributed by atoms with Crippen molar-refractivity contribution in [2.45, 2.75) is 6.54 Å². The van der Waals surface area contributed by atoms with Crippen LogP contribution in [0.1, 0.15) is 10.4 Å². The maximum Gasteiger partial charge on any atom is 0.251 e. The third kappa shape index (κ3) is 5.69. The third-order valence-corrected chi connectivity index (χ3v) is 5.99. The maximum atomic E-state index is 12.7. The zero-order valence-corrected chi connectivity index (χ0v) is 20.4. The van der Waals surface area contributed by atoms with Crippen molar-refractivity contribution in [3.8, 4) is 23.1 Å². The van der Waals surface area contributed by atoms with Crippen molar-refractivity contribution in [3.05, 3.63) is 42.1 Å². The van der Waals surface area contributed by atoms with Crippen molar-refractivity contribution >= 4 is 22.8 Å². The van der Waals surface area contributed by atoms with E-state index in [1.165, 1.54) is 0 Å². The minimum absolute atomic E-state index is 0.137. The zero-order chi connectivity index (χ0) is 25.6. The molecule has 0 radical (unpaired) electrons. The summed E-state index contributed by atoms with van der Waals surface area (Å²) in [6, 6.07) is 8.74. The predicted octanol–water partition coefficient (Wildman–Crippen LogP) is 1.56. The number of rotatable bonds is 10. The first-order valence-electron chi connectivity index (χ1n) is 11.9. The molecule has 1 aromatic carbocycles. The molecule has 0 unspecified atom stereocenters. The Labute approximate surface area is 212 Å². The number of nitrogens with two attached hydrogens (primary N) is 1. The molecule has 0 aliphatic carbocycles. The largest absolute Gasteiger partial charge is 0.439 e. The highest BCUT2D eigenvalue weighted by molar-refractivity contribution is 5.94. The number of fused-ring (bicyclic) bond motifs is 1. The van der Waals surface area contributed by atoms with E-state index in [0.29, 0.717) is 53.9 Å². The summed E-state index contributed by atoms with van der Waals surface area (Å²) in [5.41, 5.74) is 8.10. The summed E-state index contributed by atoms with van der Waals surface area (Å²) >= 11 is 0. The second-order valence-corrected chi connectivity index (χ2v) is 8.43. The fraction of sp³-hybridized carbons (Fsp3) is 0.375. The Balaban J connectivity index is 1.31. The van der Waals surface area contributed by atoms with Gasteiger partial charge in [0.25, 0.3) is 5.91 Å². The minimum Gasteiger partial charge on any atom is -0.439 e. The summed E-state index contributed by atoms with van der Waals surface area (Å²) in [6.07, 6.45) is 1.60. The van der Waals surface area contributed by atoms with Gasteiger partial charge in [-0.15, -0.1) is 0 Å². The number of aromatic nitrogens is 5. The average Bonchev–Trinajstić information content (AvgIpc) is 3.50. The standard InChI is InChI=1S/C24H28N8O5/c1-34-10-9-32-19-14-20(27-15-18(19)28-23(32)21-22(25)30-37-29-21)36-17-4-2-3-16(13-17)24(33)26-5-6-31-7-11-35-12-8-31/h2-4,13-15H,5-12H2,1H3,(H2,25,30)(H,26,33). The molecule has 0 spiro atoms. The molecule has 1 amide bonds. The highest BCUT2D eigenvalue weighted by Gasteiger charge is 2.20. The van der Waals surface area contributed by atoms with E-state index in [-0.39, 0.29) is 11.7 Å². The molecule has 13 heteroatoms. The van der Waals surface area contributed by atoms with Crippen LogP contribution in [0, 0.1) is 0 Å². The second kappa shape index (κ2) is 11.3. The summed E-state index contributed by atoms with van der Waals surface area (Å²) in [7, 11) is 1.62. The Morgan fingerprint density at radius 2 is 2.05 bits per heavy atom. The molecule has 4 heterocycles. The van der Waals surface area contributed by atoms with E-state index in [2.05, 4.69) is 30.5 Å². The van der Waals surface area contributed by atoms with Crippen LogP contribution in [-0.2, 0) is 16.0 Å². The number of hydrogen-bond acceptors (Lipinski definition) is 11. The number of hydrogen-bond donors (Lipinski definition) is 2. The first-order valence-corrected chi connectivity index (χ1v) is 11.9. The fourth-order valence-corrected chi connectivity index (χ4v) is 4.08.